The van der Waals surface area contributed by atoms with E-state index in [0.29, 0.717) is 55.2 Å². The summed E-state index contributed by atoms with van der Waals surface area (Å²) >= 11 is 19.2. The van der Waals surface area contributed by atoms with E-state index in [1.54, 1.807) is 70.1 Å². The summed E-state index contributed by atoms with van der Waals surface area (Å²) < 4.78 is 170. The Kier molecular flexibility index (Phi) is 42.3. The van der Waals surface area contributed by atoms with Crippen LogP contribution in [0.5, 0.6) is 0 Å². The SMILES string of the molecule is Brc1cn[nH]c1.CC1(C)OB(B2OC(C)(C)C(C)(C)O2)OC1(C)C.CC1(C)OB(c2ccccc2Cc2cccc(C(F)(F)F)c2)OC1(C)C.CCOC(=O)CBr.CCOC(=O)Cn1cc(Br)cn1.CCOC(=O)Cn1cc(Br)cn1.FC(F)(F)c1cccc(Cc2ccccc2Br)c1.Nc1ccccc1Br.OB(O)c1cccc(C(F)(F)F)c1. The van der Waals surface area contributed by atoms with Crippen LogP contribution in [0.3, 0.4) is 0 Å². The lowest BCUT2D eigenvalue weighted by Crippen LogP contribution is -2.41. The molecule has 3 aliphatic rings. The number of carbonyl (C=O) groups excluding carboxylic acids is 3. The van der Waals surface area contributed by atoms with Gasteiger partial charge in [0, 0.05) is 33.2 Å². The summed E-state index contributed by atoms with van der Waals surface area (Å²) in [6, 6.07) is 37.4. The lowest BCUT2D eigenvalue weighted by atomic mass is 9.49. The van der Waals surface area contributed by atoms with Crippen LogP contribution in [0.2, 0.25) is 0 Å². The number of esters is 3. The summed E-state index contributed by atoms with van der Waals surface area (Å²) in [6.07, 6.45) is -2.09. The number of para-hydroxylation sites is 1. The van der Waals surface area contributed by atoms with Crippen LogP contribution in [-0.2, 0) is 101 Å². The van der Waals surface area contributed by atoms with Gasteiger partial charge in [0.25, 0.3) is 0 Å². The number of hydrogen-bond acceptors (Lipinski definition) is 18. The summed E-state index contributed by atoms with van der Waals surface area (Å²) in [5, 5.41) is 31.6. The molecule has 6 aromatic carbocycles. The molecule has 652 valence electrons. The van der Waals surface area contributed by atoms with Crippen LogP contribution in [0.1, 0.15) is 143 Å². The van der Waals surface area contributed by atoms with Gasteiger partial charge >= 0.3 is 64.7 Å². The highest BCUT2D eigenvalue weighted by molar-refractivity contribution is 9.11. The van der Waals surface area contributed by atoms with Crippen LogP contribution in [0.25, 0.3) is 0 Å². The number of aromatic nitrogens is 6. The standard InChI is InChI=1S/C20H22BF3O2.C14H10BrF3.C12H24B2O4.C7H6BF3O2.2C7H9BrN2O2.C6H6BrN.C4H7BrO2.C3H3BrN2/c1-18(2)19(3,4)26-21(25-18)17-11-6-5-9-15(17)12-14-8-7-10-16(13-14)20(22,23)24;15-13-7-2-1-5-11(13)8-10-4-3-6-12(9-10)14(16,17)18;1-9(2)10(3,4)16-13(15-9)14-17-11(5,6)12(7,8)18-14;9-7(10,11)5-2-1-3-6(4-5)8(12)13;2*1-2-12-7(11)5-10-4-6(8)3-9-10;7-5-3-1-2-4-6(5)8;1-2-7-4(6)3-5;4-3-1-5-6-2-3/h5-11,13H,12H2,1-4H3;1-7,9H,8H2;1-8H3;1-4,12-13H;2*3-4H,2,5H2,1H3;1-4H,8H2;2-3H2,1H3;1-2H,(H,5,6). The second-order valence-electron chi connectivity index (χ2n) is 29.1. The highest BCUT2D eigenvalue weighted by Crippen LogP contribution is 2.44. The number of ether oxygens (including phenoxy) is 3. The average Bonchev–Trinajstić information content (AvgIpc) is 1.60. The Morgan fingerprint density at radius 3 is 1.17 bits per heavy atom. The number of nitrogens with zero attached hydrogens (tertiary/aromatic N) is 5. The number of hydrogen-bond donors (Lipinski definition) is 4. The molecule has 3 aromatic heterocycles. The number of benzene rings is 6. The number of rotatable bonds is 15. The van der Waals surface area contributed by atoms with E-state index in [-0.39, 0.29) is 58.9 Å². The van der Waals surface area contributed by atoms with Crippen molar-refractivity contribution in [2.45, 2.75) is 182 Å². The minimum absolute atomic E-state index is 0.166. The second-order valence-corrected chi connectivity index (χ2v) is 34.1. The topological polar surface area (TPSA) is 265 Å². The molecule has 0 radical (unpaired) electrons. The van der Waals surface area contributed by atoms with E-state index >= 15 is 0 Å². The second kappa shape index (κ2) is 48.0. The van der Waals surface area contributed by atoms with Crippen LogP contribution in [0.4, 0.5) is 45.2 Å². The number of alkyl halides is 10. The number of nitrogens with one attached hydrogen (secondary N) is 1. The fourth-order valence-corrected chi connectivity index (χ4v) is 11.7. The first-order valence-electron chi connectivity index (χ1n) is 37.0. The zero-order valence-corrected chi connectivity index (χ0v) is 78.1. The van der Waals surface area contributed by atoms with E-state index < -0.39 is 74.7 Å². The highest BCUT2D eigenvalue weighted by atomic mass is 79.9. The van der Waals surface area contributed by atoms with Gasteiger partial charge in [0.1, 0.15) is 18.4 Å². The lowest BCUT2D eigenvalue weighted by molar-refractivity contribution is -0.145. The van der Waals surface area contributed by atoms with Gasteiger partial charge in [-0.2, -0.15) is 54.8 Å². The maximum absolute atomic E-state index is 13.0. The van der Waals surface area contributed by atoms with E-state index in [1.165, 1.54) is 39.7 Å². The molecule has 3 fully saturated rings. The van der Waals surface area contributed by atoms with E-state index in [0.717, 1.165) is 68.9 Å². The predicted molar refractivity (Wildman–Crippen MR) is 467 cm³/mol. The van der Waals surface area contributed by atoms with Crippen molar-refractivity contribution < 1.29 is 106 Å². The third-order valence-corrected chi connectivity index (χ3v) is 21.5. The smallest absolute Gasteiger partial charge is 0.465 e. The largest absolute Gasteiger partial charge is 0.495 e. The number of nitrogen functional groups attached to an aromatic ring is 1. The number of carbonyl (C=O) groups is 3. The van der Waals surface area contributed by atoms with Crippen molar-refractivity contribution in [2.24, 2.45) is 0 Å². The molecule has 40 heteroatoms. The summed E-state index contributed by atoms with van der Waals surface area (Å²) in [5.74, 6) is -0.747. The van der Waals surface area contributed by atoms with Gasteiger partial charge in [0.05, 0.1) is 102 Å². The molecule has 0 saturated carbocycles. The minimum atomic E-state index is -4.45. The van der Waals surface area contributed by atoms with Crippen molar-refractivity contribution >= 4 is 158 Å². The number of nitrogens with two attached hydrogens (primary N) is 1. The van der Waals surface area contributed by atoms with E-state index in [1.807, 2.05) is 156 Å². The maximum Gasteiger partial charge on any atom is 0.495 e. The summed E-state index contributed by atoms with van der Waals surface area (Å²) in [6.45, 7) is 31.0. The van der Waals surface area contributed by atoms with Crippen molar-refractivity contribution in [1.82, 2.24) is 29.8 Å². The Morgan fingerprint density at radius 2 is 0.842 bits per heavy atom. The molecule has 6 heterocycles. The fraction of sp³-hybridized carbons (Fsp3) is 0.400. The zero-order chi connectivity index (χ0) is 90.4. The van der Waals surface area contributed by atoms with Crippen molar-refractivity contribution in [1.29, 1.82) is 0 Å². The van der Waals surface area contributed by atoms with Gasteiger partial charge in [0.15, 0.2) is 0 Å². The maximum atomic E-state index is 13.0. The molecule has 0 unspecified atom stereocenters. The normalized spacial score (nSPS) is 15.4. The molecule has 21 nitrogen and oxygen atoms in total. The molecule has 0 spiro atoms. The molecule has 5 N–H and O–H groups in total. The molecule has 3 aliphatic heterocycles. The molecule has 120 heavy (non-hydrogen) atoms. The monoisotopic (exact) mass is 2070 g/mol. The first-order valence-corrected chi connectivity index (χ1v) is 42.1. The molecule has 12 rings (SSSR count). The summed E-state index contributed by atoms with van der Waals surface area (Å²) in [4.78, 5) is 32.0. The number of halogens is 15. The summed E-state index contributed by atoms with van der Waals surface area (Å²) in [5.41, 5.74) is 5.54. The molecule has 0 atom stereocenters. The quantitative estimate of drug-likeness (QED) is 0.0186. The molecule has 0 amide bonds. The van der Waals surface area contributed by atoms with E-state index in [4.69, 9.17) is 53.2 Å². The fourth-order valence-electron chi connectivity index (χ4n) is 10.0. The van der Waals surface area contributed by atoms with E-state index in [2.05, 4.69) is 121 Å². The first-order chi connectivity index (χ1) is 55.7. The Labute approximate surface area is 745 Å². The molecule has 9 aromatic rings. The number of anilines is 1. The Bertz CT molecular complexity index is 4490. The highest BCUT2D eigenvalue weighted by Gasteiger charge is 2.64. The number of aromatic amines is 1. The van der Waals surface area contributed by atoms with Gasteiger partial charge in [-0.05, 0) is 244 Å². The number of H-pyrrole nitrogens is 1. The van der Waals surface area contributed by atoms with Gasteiger partial charge in [-0.25, -0.2) is 0 Å². The van der Waals surface area contributed by atoms with Gasteiger partial charge in [-0.1, -0.05) is 147 Å². The molecule has 0 bridgehead atoms. The van der Waals surface area contributed by atoms with Crippen molar-refractivity contribution in [3.05, 3.63) is 244 Å². The molecular formula is C80H96B4Br6F9N7O14. The van der Waals surface area contributed by atoms with Crippen LogP contribution in [0, 0.1) is 0 Å². The Morgan fingerprint density at radius 1 is 0.475 bits per heavy atom. The third-order valence-electron chi connectivity index (χ3n) is 18.3. The van der Waals surface area contributed by atoms with Gasteiger partial charge in [-0.3, -0.25) is 28.8 Å². The van der Waals surface area contributed by atoms with E-state index in [9.17, 15) is 53.9 Å². The molecule has 0 aliphatic carbocycles. The van der Waals surface area contributed by atoms with Crippen LogP contribution < -0.4 is 16.7 Å². The Balaban J connectivity index is 0.000000293. The third kappa shape index (κ3) is 35.5. The molecule has 3 saturated heterocycles. The van der Waals surface area contributed by atoms with Crippen LogP contribution >= 0.6 is 95.6 Å². The van der Waals surface area contributed by atoms with Crippen molar-refractivity contribution in [2.75, 3.05) is 30.9 Å². The van der Waals surface area contributed by atoms with Crippen LogP contribution in [0.15, 0.2) is 205 Å². The van der Waals surface area contributed by atoms with Crippen molar-refractivity contribution in [3.63, 3.8) is 0 Å². The Hall–Kier alpha value is -6.65. The molecular weight excluding hydrogens is 1980 g/mol. The lowest BCUT2D eigenvalue weighted by Gasteiger charge is -2.32. The van der Waals surface area contributed by atoms with Gasteiger partial charge in [-0.15, -0.1) is 0 Å². The van der Waals surface area contributed by atoms with Gasteiger partial charge < -0.3 is 57.9 Å². The minimum Gasteiger partial charge on any atom is -0.465 e. The summed E-state index contributed by atoms with van der Waals surface area (Å²) in [7, 11) is -3.36. The first kappa shape index (κ1) is 106. The van der Waals surface area contributed by atoms with Crippen molar-refractivity contribution in [3.8, 4) is 0 Å². The average molecular weight is 2070 g/mol. The zero-order valence-electron chi connectivity index (χ0n) is 68.6. The van der Waals surface area contributed by atoms with Gasteiger partial charge in [0.2, 0.25) is 0 Å². The van der Waals surface area contributed by atoms with Crippen LogP contribution in [-0.4, -0.2) is 145 Å². The predicted octanol–water partition coefficient (Wildman–Crippen LogP) is 18.9.